The van der Waals surface area contributed by atoms with Crippen LogP contribution < -0.4 is 5.73 Å². The van der Waals surface area contributed by atoms with Gasteiger partial charge in [-0.1, -0.05) is 24.3 Å². The number of halogens is 1. The monoisotopic (exact) mass is 247 g/mol. The largest absolute Gasteiger partial charge is 0.320 e. The molecule has 3 heteroatoms. The van der Waals surface area contributed by atoms with Gasteiger partial charge in [0.05, 0.1) is 6.04 Å². The van der Waals surface area contributed by atoms with E-state index in [-0.39, 0.29) is 11.9 Å². The van der Waals surface area contributed by atoms with E-state index in [0.717, 1.165) is 11.1 Å². The van der Waals surface area contributed by atoms with E-state index < -0.39 is 0 Å². The van der Waals surface area contributed by atoms with Crippen molar-refractivity contribution in [2.24, 2.45) is 5.73 Å². The highest BCUT2D eigenvalue weighted by Crippen LogP contribution is 2.22. The Morgan fingerprint density at radius 3 is 1.88 bits per heavy atom. The van der Waals surface area contributed by atoms with E-state index in [2.05, 4.69) is 0 Å². The molecule has 0 amide bonds. The average Bonchev–Trinajstić information content (AvgIpc) is 2.39. The van der Waals surface area contributed by atoms with Gasteiger partial charge in [-0.2, -0.15) is 0 Å². The molecule has 17 heavy (non-hydrogen) atoms. The van der Waals surface area contributed by atoms with Crippen molar-refractivity contribution in [3.63, 3.8) is 0 Å². The number of nitrogens with two attached hydrogens (primary N) is 1. The van der Waals surface area contributed by atoms with E-state index in [1.54, 1.807) is 23.9 Å². The second kappa shape index (κ2) is 5.34. The van der Waals surface area contributed by atoms with Gasteiger partial charge >= 0.3 is 0 Å². The third-order valence-corrected chi connectivity index (χ3v) is 3.45. The van der Waals surface area contributed by atoms with Crippen molar-refractivity contribution >= 4 is 11.8 Å². The molecular formula is C14H14FNS. The third-order valence-electron chi connectivity index (χ3n) is 2.70. The molecule has 1 unspecified atom stereocenters. The Hall–Kier alpha value is -1.32. The van der Waals surface area contributed by atoms with Gasteiger partial charge in [0.25, 0.3) is 0 Å². The molecule has 1 nitrogen and oxygen atoms in total. The predicted molar refractivity (Wildman–Crippen MR) is 70.7 cm³/mol. The number of hydrogen-bond donors (Lipinski definition) is 1. The standard InChI is InChI=1S/C14H14FNS/c1-17-13-8-4-11(5-9-13)14(16)10-2-6-12(15)7-3-10/h2-9,14H,16H2,1H3. The lowest BCUT2D eigenvalue weighted by atomic mass is 10.00. The van der Waals surface area contributed by atoms with E-state index in [1.807, 2.05) is 30.5 Å². The maximum atomic E-state index is 12.8. The van der Waals surface area contributed by atoms with Crippen LogP contribution in [0.4, 0.5) is 4.39 Å². The summed E-state index contributed by atoms with van der Waals surface area (Å²) >= 11 is 1.70. The van der Waals surface area contributed by atoms with Gasteiger partial charge in [-0.05, 0) is 41.6 Å². The lowest BCUT2D eigenvalue weighted by Crippen LogP contribution is -2.11. The molecule has 0 saturated heterocycles. The van der Waals surface area contributed by atoms with Crippen LogP contribution in [0, 0.1) is 5.82 Å². The highest BCUT2D eigenvalue weighted by atomic mass is 32.2. The van der Waals surface area contributed by atoms with Crippen molar-refractivity contribution in [1.82, 2.24) is 0 Å². The number of rotatable bonds is 3. The van der Waals surface area contributed by atoms with Crippen molar-refractivity contribution in [3.8, 4) is 0 Å². The molecule has 2 N–H and O–H groups in total. The molecule has 0 spiro atoms. The molecule has 2 rings (SSSR count). The molecule has 0 aliphatic carbocycles. The SMILES string of the molecule is CSc1ccc(C(N)c2ccc(F)cc2)cc1. The number of benzene rings is 2. The average molecular weight is 247 g/mol. The lowest BCUT2D eigenvalue weighted by Gasteiger charge is -2.12. The highest BCUT2D eigenvalue weighted by Gasteiger charge is 2.08. The summed E-state index contributed by atoms with van der Waals surface area (Å²) in [6.07, 6.45) is 2.04. The molecule has 0 fully saturated rings. The Labute approximate surface area is 105 Å². The Balaban J connectivity index is 2.23. The van der Waals surface area contributed by atoms with Crippen LogP contribution in [0.5, 0.6) is 0 Å². The predicted octanol–water partition coefficient (Wildman–Crippen LogP) is 3.60. The molecule has 2 aromatic carbocycles. The Morgan fingerprint density at radius 1 is 0.941 bits per heavy atom. The van der Waals surface area contributed by atoms with Crippen molar-refractivity contribution in [2.75, 3.05) is 6.26 Å². The minimum absolute atomic E-state index is 0.202. The van der Waals surface area contributed by atoms with Gasteiger partial charge in [-0.3, -0.25) is 0 Å². The first-order valence-corrected chi connectivity index (χ1v) is 6.58. The fourth-order valence-electron chi connectivity index (χ4n) is 1.67. The smallest absolute Gasteiger partial charge is 0.123 e. The molecule has 0 bridgehead atoms. The van der Waals surface area contributed by atoms with Gasteiger partial charge in [-0.25, -0.2) is 4.39 Å². The maximum absolute atomic E-state index is 12.8. The van der Waals surface area contributed by atoms with Gasteiger partial charge in [0.1, 0.15) is 5.82 Å². The highest BCUT2D eigenvalue weighted by molar-refractivity contribution is 7.98. The first kappa shape index (κ1) is 12.1. The van der Waals surface area contributed by atoms with E-state index in [4.69, 9.17) is 5.73 Å². The van der Waals surface area contributed by atoms with Crippen LogP contribution in [0.15, 0.2) is 53.4 Å². The molecule has 0 aliphatic heterocycles. The van der Waals surface area contributed by atoms with Crippen LogP contribution >= 0.6 is 11.8 Å². The molecule has 0 heterocycles. The summed E-state index contributed by atoms with van der Waals surface area (Å²) in [4.78, 5) is 1.21. The first-order valence-electron chi connectivity index (χ1n) is 5.35. The van der Waals surface area contributed by atoms with Crippen LogP contribution in [-0.4, -0.2) is 6.26 Å². The first-order chi connectivity index (χ1) is 8.20. The molecular weight excluding hydrogens is 233 g/mol. The quantitative estimate of drug-likeness (QED) is 0.839. The topological polar surface area (TPSA) is 26.0 Å². The fraction of sp³-hybridized carbons (Fsp3) is 0.143. The Morgan fingerprint density at radius 2 is 1.41 bits per heavy atom. The van der Waals surface area contributed by atoms with E-state index >= 15 is 0 Å². The summed E-state index contributed by atoms with van der Waals surface area (Å²) in [6, 6.07) is 14.2. The number of thioether (sulfide) groups is 1. The zero-order valence-electron chi connectivity index (χ0n) is 9.56. The summed E-state index contributed by atoms with van der Waals surface area (Å²) < 4.78 is 12.8. The van der Waals surface area contributed by atoms with Crippen LogP contribution in [0.1, 0.15) is 17.2 Å². The molecule has 0 saturated carbocycles. The molecule has 0 radical (unpaired) electrons. The van der Waals surface area contributed by atoms with Gasteiger partial charge in [0, 0.05) is 4.90 Å². The van der Waals surface area contributed by atoms with E-state index in [9.17, 15) is 4.39 Å². The summed E-state index contributed by atoms with van der Waals surface area (Å²) in [5.41, 5.74) is 8.08. The minimum Gasteiger partial charge on any atom is -0.320 e. The normalized spacial score (nSPS) is 12.4. The van der Waals surface area contributed by atoms with Crippen molar-refractivity contribution in [1.29, 1.82) is 0 Å². The second-order valence-corrected chi connectivity index (χ2v) is 4.68. The molecule has 2 aromatic rings. The third kappa shape index (κ3) is 2.87. The summed E-state index contributed by atoms with van der Waals surface area (Å²) in [5.74, 6) is -0.237. The van der Waals surface area contributed by atoms with E-state index in [1.165, 1.54) is 17.0 Å². The van der Waals surface area contributed by atoms with Gasteiger partial charge in [0.15, 0.2) is 0 Å². The van der Waals surface area contributed by atoms with Crippen LogP contribution in [0.2, 0.25) is 0 Å². The van der Waals surface area contributed by atoms with Crippen LogP contribution in [0.25, 0.3) is 0 Å². The van der Waals surface area contributed by atoms with Crippen molar-refractivity contribution in [2.45, 2.75) is 10.9 Å². The van der Waals surface area contributed by atoms with Gasteiger partial charge < -0.3 is 5.73 Å². The Bertz CT molecular complexity index is 479. The molecule has 0 aliphatic rings. The van der Waals surface area contributed by atoms with Crippen LogP contribution in [0.3, 0.4) is 0 Å². The lowest BCUT2D eigenvalue weighted by molar-refractivity contribution is 0.626. The number of hydrogen-bond acceptors (Lipinski definition) is 2. The zero-order chi connectivity index (χ0) is 12.3. The molecule has 0 aromatic heterocycles. The van der Waals surface area contributed by atoms with Gasteiger partial charge in [-0.15, -0.1) is 11.8 Å². The van der Waals surface area contributed by atoms with Crippen LogP contribution in [-0.2, 0) is 0 Å². The maximum Gasteiger partial charge on any atom is 0.123 e. The van der Waals surface area contributed by atoms with E-state index in [0.29, 0.717) is 0 Å². The summed E-state index contributed by atoms with van der Waals surface area (Å²) in [6.45, 7) is 0. The van der Waals surface area contributed by atoms with Crippen molar-refractivity contribution < 1.29 is 4.39 Å². The molecule has 1 atom stereocenters. The molecule has 88 valence electrons. The second-order valence-electron chi connectivity index (χ2n) is 3.80. The zero-order valence-corrected chi connectivity index (χ0v) is 10.4. The fourth-order valence-corrected chi connectivity index (χ4v) is 2.08. The minimum atomic E-state index is -0.237. The van der Waals surface area contributed by atoms with Gasteiger partial charge in [0.2, 0.25) is 0 Å². The Kier molecular flexibility index (Phi) is 3.82. The summed E-state index contributed by atoms with van der Waals surface area (Å²) in [5, 5.41) is 0. The summed E-state index contributed by atoms with van der Waals surface area (Å²) in [7, 11) is 0. The van der Waals surface area contributed by atoms with Crippen molar-refractivity contribution in [3.05, 3.63) is 65.5 Å².